The first-order chi connectivity index (χ1) is 10.9. The van der Waals surface area contributed by atoms with Gasteiger partial charge < -0.3 is 9.47 Å². The van der Waals surface area contributed by atoms with Crippen LogP contribution in [-0.2, 0) is 13.0 Å². The maximum atomic E-state index is 3.40. The van der Waals surface area contributed by atoms with Crippen LogP contribution in [0.5, 0.6) is 0 Å². The summed E-state index contributed by atoms with van der Waals surface area (Å²) < 4.78 is 7.90. The molecule has 0 aliphatic carbocycles. The van der Waals surface area contributed by atoms with Gasteiger partial charge in [-0.3, -0.25) is 4.72 Å². The highest BCUT2D eigenvalue weighted by molar-refractivity contribution is 7.95. The van der Waals surface area contributed by atoms with Gasteiger partial charge in [0.1, 0.15) is 0 Å². The molecule has 23 heavy (non-hydrogen) atoms. The molecule has 0 saturated heterocycles. The fourth-order valence-corrected chi connectivity index (χ4v) is 3.19. The Hall–Kier alpha value is -1.17. The fourth-order valence-electron chi connectivity index (χ4n) is 2.74. The molecule has 0 bridgehead atoms. The number of fused-ring (bicyclic) bond motifs is 1. The van der Waals surface area contributed by atoms with Crippen LogP contribution in [0.15, 0.2) is 24.4 Å². The van der Waals surface area contributed by atoms with Gasteiger partial charge in [0, 0.05) is 56.6 Å². The molecule has 0 spiro atoms. The Morgan fingerprint density at radius 1 is 1.17 bits per heavy atom. The number of nitrogens with one attached hydrogen (secondary N) is 1. The van der Waals surface area contributed by atoms with Crippen molar-refractivity contribution in [2.45, 2.75) is 26.8 Å². The minimum absolute atomic E-state index is 0.642. The molecule has 0 saturated carbocycles. The van der Waals surface area contributed by atoms with Crippen LogP contribution in [-0.4, -0.2) is 43.6 Å². The molecule has 2 rings (SSSR count). The molecule has 2 aromatic rings. The van der Waals surface area contributed by atoms with Gasteiger partial charge in [-0.1, -0.05) is 19.9 Å². The lowest BCUT2D eigenvalue weighted by atomic mass is 10.1. The molecule has 128 valence electrons. The van der Waals surface area contributed by atoms with Crippen LogP contribution in [0.1, 0.15) is 19.4 Å². The number of benzene rings is 1. The Labute approximate surface area is 145 Å². The highest BCUT2D eigenvalue weighted by Crippen LogP contribution is 2.27. The van der Waals surface area contributed by atoms with Crippen molar-refractivity contribution in [1.82, 2.24) is 13.6 Å². The minimum Gasteiger partial charge on any atom is -0.378 e. The molecule has 0 atom stereocenters. The lowest BCUT2D eigenvalue weighted by molar-refractivity contribution is 0.534. The Morgan fingerprint density at radius 3 is 2.52 bits per heavy atom. The zero-order chi connectivity index (χ0) is 17.0. The second kappa shape index (κ2) is 8.08. The van der Waals surface area contributed by atoms with E-state index in [9.17, 15) is 0 Å². The van der Waals surface area contributed by atoms with Crippen molar-refractivity contribution in [3.8, 4) is 0 Å². The Bertz CT molecular complexity index is 631. The molecule has 0 aliphatic heterocycles. The molecule has 0 unspecified atom stereocenters. The van der Waals surface area contributed by atoms with Gasteiger partial charge in [-0.2, -0.15) is 0 Å². The molecule has 1 N–H and O–H groups in total. The first-order valence-corrected chi connectivity index (χ1v) is 9.02. The van der Waals surface area contributed by atoms with Gasteiger partial charge in [-0.15, -0.1) is 0 Å². The number of anilines is 1. The van der Waals surface area contributed by atoms with E-state index in [2.05, 4.69) is 84.9 Å². The SMILES string of the molecule is CC(C)Cn1cc(CCNSN(C)C)c2ccc(N(C)C)cc21. The largest absolute Gasteiger partial charge is 0.378 e. The quantitative estimate of drug-likeness (QED) is 0.588. The van der Waals surface area contributed by atoms with E-state index in [4.69, 9.17) is 0 Å². The van der Waals surface area contributed by atoms with E-state index >= 15 is 0 Å². The molecule has 0 amide bonds. The number of rotatable bonds is 8. The molecular formula is C18H30N4S. The van der Waals surface area contributed by atoms with Crippen LogP contribution in [0, 0.1) is 5.92 Å². The van der Waals surface area contributed by atoms with Crippen molar-refractivity contribution in [2.75, 3.05) is 39.6 Å². The second-order valence-corrected chi connectivity index (χ2v) is 8.05. The molecular weight excluding hydrogens is 304 g/mol. The van der Waals surface area contributed by atoms with E-state index in [1.54, 1.807) is 12.1 Å². The summed E-state index contributed by atoms with van der Waals surface area (Å²) in [6, 6.07) is 6.80. The molecule has 1 aromatic carbocycles. The summed E-state index contributed by atoms with van der Waals surface area (Å²) in [6.45, 7) is 6.58. The standard InChI is InChI=1S/C18H30N4S/c1-14(2)12-22-13-15(9-10-19-23-21(5)6)17-8-7-16(20(3)4)11-18(17)22/h7-8,11,13-14,19H,9-10,12H2,1-6H3. The summed E-state index contributed by atoms with van der Waals surface area (Å²) in [7, 11) is 8.30. The maximum Gasteiger partial charge on any atom is 0.0504 e. The van der Waals surface area contributed by atoms with Crippen LogP contribution in [0.2, 0.25) is 0 Å². The number of hydrogen-bond donors (Lipinski definition) is 1. The number of nitrogens with zero attached hydrogens (tertiary/aromatic N) is 3. The lowest BCUT2D eigenvalue weighted by Crippen LogP contribution is -2.15. The fraction of sp³-hybridized carbons (Fsp3) is 0.556. The van der Waals surface area contributed by atoms with Crippen molar-refractivity contribution >= 4 is 28.7 Å². The highest BCUT2D eigenvalue weighted by Gasteiger charge is 2.11. The van der Waals surface area contributed by atoms with E-state index < -0.39 is 0 Å². The third kappa shape index (κ3) is 4.90. The van der Waals surface area contributed by atoms with Crippen molar-refractivity contribution in [2.24, 2.45) is 5.92 Å². The summed E-state index contributed by atoms with van der Waals surface area (Å²) >= 11 is 1.65. The molecule has 1 heterocycles. The molecule has 0 radical (unpaired) electrons. The molecule has 0 aliphatic rings. The Morgan fingerprint density at radius 2 is 1.91 bits per heavy atom. The Kier molecular flexibility index (Phi) is 6.39. The van der Waals surface area contributed by atoms with Gasteiger partial charge in [0.05, 0.1) is 5.52 Å². The predicted octanol–water partition coefficient (Wildman–Crippen LogP) is 3.62. The van der Waals surface area contributed by atoms with E-state index in [0.29, 0.717) is 5.92 Å². The number of aromatic nitrogens is 1. The maximum absolute atomic E-state index is 3.40. The zero-order valence-electron chi connectivity index (χ0n) is 15.3. The van der Waals surface area contributed by atoms with Crippen LogP contribution < -0.4 is 9.62 Å². The first-order valence-electron chi connectivity index (χ1n) is 8.24. The van der Waals surface area contributed by atoms with Crippen LogP contribution >= 0.6 is 12.1 Å². The third-order valence-electron chi connectivity index (χ3n) is 3.77. The predicted molar refractivity (Wildman–Crippen MR) is 104 cm³/mol. The number of hydrogen-bond acceptors (Lipinski definition) is 4. The van der Waals surface area contributed by atoms with Crippen molar-refractivity contribution < 1.29 is 0 Å². The summed E-state index contributed by atoms with van der Waals surface area (Å²) in [5.41, 5.74) is 4.03. The van der Waals surface area contributed by atoms with Crippen molar-refractivity contribution in [3.63, 3.8) is 0 Å². The van der Waals surface area contributed by atoms with Crippen molar-refractivity contribution in [1.29, 1.82) is 0 Å². The zero-order valence-corrected chi connectivity index (χ0v) is 16.1. The topological polar surface area (TPSA) is 23.4 Å². The van der Waals surface area contributed by atoms with Gasteiger partial charge in [0.2, 0.25) is 0 Å². The van der Waals surface area contributed by atoms with Crippen LogP contribution in [0.3, 0.4) is 0 Å². The van der Waals surface area contributed by atoms with Gasteiger partial charge in [0.25, 0.3) is 0 Å². The minimum atomic E-state index is 0.642. The van der Waals surface area contributed by atoms with Crippen LogP contribution in [0.4, 0.5) is 5.69 Å². The monoisotopic (exact) mass is 334 g/mol. The molecule has 0 fully saturated rings. The van der Waals surface area contributed by atoms with Crippen LogP contribution in [0.25, 0.3) is 10.9 Å². The summed E-state index contributed by atoms with van der Waals surface area (Å²) in [5, 5.41) is 1.38. The molecule has 5 heteroatoms. The Balaban J connectivity index is 2.26. The van der Waals surface area contributed by atoms with Gasteiger partial charge in [-0.05, 0) is 44.1 Å². The van der Waals surface area contributed by atoms with E-state index in [0.717, 1.165) is 19.5 Å². The average Bonchev–Trinajstić information content (AvgIpc) is 2.80. The van der Waals surface area contributed by atoms with Gasteiger partial charge >= 0.3 is 0 Å². The van der Waals surface area contributed by atoms with E-state index in [-0.39, 0.29) is 0 Å². The van der Waals surface area contributed by atoms with Gasteiger partial charge in [0.15, 0.2) is 0 Å². The summed E-state index contributed by atoms with van der Waals surface area (Å²) in [4.78, 5) is 2.17. The lowest BCUT2D eigenvalue weighted by Gasteiger charge is -2.14. The second-order valence-electron chi connectivity index (χ2n) is 6.84. The summed E-state index contributed by atoms with van der Waals surface area (Å²) in [6.07, 6.45) is 3.38. The molecule has 4 nitrogen and oxygen atoms in total. The van der Waals surface area contributed by atoms with E-state index in [1.807, 2.05) is 0 Å². The average molecular weight is 335 g/mol. The van der Waals surface area contributed by atoms with Gasteiger partial charge in [-0.25, -0.2) is 4.31 Å². The third-order valence-corrected chi connectivity index (χ3v) is 4.47. The van der Waals surface area contributed by atoms with E-state index in [1.165, 1.54) is 22.2 Å². The van der Waals surface area contributed by atoms with Crippen molar-refractivity contribution in [3.05, 3.63) is 30.0 Å². The first kappa shape index (κ1) is 18.2. The normalized spacial score (nSPS) is 11.8. The highest BCUT2D eigenvalue weighted by atomic mass is 32.2. The molecule has 1 aromatic heterocycles. The summed E-state index contributed by atoms with van der Waals surface area (Å²) in [5.74, 6) is 0.642. The smallest absolute Gasteiger partial charge is 0.0504 e.